The highest BCUT2D eigenvalue weighted by Gasteiger charge is 2.25. The van der Waals surface area contributed by atoms with Crippen LogP contribution in [-0.2, 0) is 0 Å². The van der Waals surface area contributed by atoms with Crippen molar-refractivity contribution in [1.82, 2.24) is 4.90 Å². The molecule has 2 heteroatoms. The molecule has 2 nitrogen and oxygen atoms in total. The maximum atomic E-state index is 8.92. The van der Waals surface area contributed by atoms with Crippen LogP contribution >= 0.6 is 0 Å². The van der Waals surface area contributed by atoms with Crippen LogP contribution in [0.2, 0.25) is 0 Å². The maximum Gasteiger partial charge on any atom is 0.0436 e. The summed E-state index contributed by atoms with van der Waals surface area (Å²) in [5.41, 5.74) is 0.274. The SMILES string of the molecule is CN1CC=CCC(C)(CCO)C1. The summed E-state index contributed by atoms with van der Waals surface area (Å²) in [4.78, 5) is 2.30. The minimum absolute atomic E-state index is 0.274. The monoisotopic (exact) mass is 169 g/mol. The van der Waals surface area contributed by atoms with Crippen LogP contribution in [-0.4, -0.2) is 36.8 Å². The van der Waals surface area contributed by atoms with Crippen molar-refractivity contribution in [2.24, 2.45) is 5.41 Å². The lowest BCUT2D eigenvalue weighted by atomic mass is 9.83. The lowest BCUT2D eigenvalue weighted by molar-refractivity contribution is 0.155. The molecule has 0 radical (unpaired) electrons. The van der Waals surface area contributed by atoms with Crippen LogP contribution < -0.4 is 0 Å². The first-order chi connectivity index (χ1) is 5.66. The second-order valence-corrected chi connectivity index (χ2v) is 4.16. The van der Waals surface area contributed by atoms with Gasteiger partial charge in [0.25, 0.3) is 0 Å². The van der Waals surface area contributed by atoms with Crippen molar-refractivity contribution in [1.29, 1.82) is 0 Å². The van der Waals surface area contributed by atoms with E-state index < -0.39 is 0 Å². The number of allylic oxidation sites excluding steroid dienone is 1. The standard InChI is InChI=1S/C10H19NO/c1-10(6-8-12)5-3-4-7-11(2)9-10/h3-4,12H,5-9H2,1-2H3. The predicted octanol–water partition coefficient (Wildman–Crippen LogP) is 1.27. The summed E-state index contributed by atoms with van der Waals surface area (Å²) < 4.78 is 0. The highest BCUT2D eigenvalue weighted by Crippen LogP contribution is 2.28. The Morgan fingerprint density at radius 3 is 2.92 bits per heavy atom. The molecule has 0 fully saturated rings. The minimum atomic E-state index is 0.274. The Morgan fingerprint density at radius 1 is 1.50 bits per heavy atom. The number of aliphatic hydroxyl groups is 1. The third kappa shape index (κ3) is 2.61. The Balaban J connectivity index is 2.56. The van der Waals surface area contributed by atoms with Crippen LogP contribution in [0.15, 0.2) is 12.2 Å². The maximum absolute atomic E-state index is 8.92. The first-order valence-electron chi connectivity index (χ1n) is 4.61. The second-order valence-electron chi connectivity index (χ2n) is 4.16. The van der Waals surface area contributed by atoms with Gasteiger partial charge >= 0.3 is 0 Å². The van der Waals surface area contributed by atoms with Crippen LogP contribution in [0.3, 0.4) is 0 Å². The van der Waals surface area contributed by atoms with Gasteiger partial charge in [-0.1, -0.05) is 19.1 Å². The van der Waals surface area contributed by atoms with Crippen LogP contribution in [0, 0.1) is 5.41 Å². The Kier molecular flexibility index (Phi) is 3.29. The number of nitrogens with zero attached hydrogens (tertiary/aromatic N) is 1. The molecule has 0 spiro atoms. The zero-order valence-electron chi connectivity index (χ0n) is 8.08. The van der Waals surface area contributed by atoms with E-state index in [1.165, 1.54) is 0 Å². The average Bonchev–Trinajstić information content (AvgIpc) is 2.12. The van der Waals surface area contributed by atoms with Crippen molar-refractivity contribution in [3.63, 3.8) is 0 Å². The summed E-state index contributed by atoms with van der Waals surface area (Å²) >= 11 is 0. The largest absolute Gasteiger partial charge is 0.396 e. The molecule has 1 atom stereocenters. The Morgan fingerprint density at radius 2 is 2.25 bits per heavy atom. The van der Waals surface area contributed by atoms with Gasteiger partial charge in [0, 0.05) is 19.7 Å². The van der Waals surface area contributed by atoms with E-state index in [0.717, 1.165) is 25.9 Å². The molecule has 0 bridgehead atoms. The number of likely N-dealkylation sites (N-methyl/N-ethyl adjacent to an activating group) is 1. The summed E-state index contributed by atoms with van der Waals surface area (Å²) in [7, 11) is 2.13. The molecule has 0 aliphatic carbocycles. The minimum Gasteiger partial charge on any atom is -0.396 e. The fourth-order valence-electron chi connectivity index (χ4n) is 1.85. The van der Waals surface area contributed by atoms with Gasteiger partial charge in [-0.05, 0) is 25.3 Å². The summed E-state index contributed by atoms with van der Waals surface area (Å²) in [5.74, 6) is 0. The summed E-state index contributed by atoms with van der Waals surface area (Å²) in [5, 5.41) is 8.92. The van der Waals surface area contributed by atoms with Crippen LogP contribution in [0.1, 0.15) is 19.8 Å². The molecule has 0 saturated heterocycles. The molecular formula is C10H19NO. The average molecular weight is 169 g/mol. The van der Waals surface area contributed by atoms with Crippen molar-refractivity contribution in [3.05, 3.63) is 12.2 Å². The predicted molar refractivity (Wildman–Crippen MR) is 51.1 cm³/mol. The van der Waals surface area contributed by atoms with E-state index >= 15 is 0 Å². The van der Waals surface area contributed by atoms with E-state index in [0.29, 0.717) is 6.61 Å². The first-order valence-corrected chi connectivity index (χ1v) is 4.61. The highest BCUT2D eigenvalue weighted by molar-refractivity contribution is 4.95. The van der Waals surface area contributed by atoms with E-state index in [2.05, 4.69) is 31.0 Å². The van der Waals surface area contributed by atoms with E-state index in [-0.39, 0.29) is 5.41 Å². The lowest BCUT2D eigenvalue weighted by Gasteiger charge is -2.30. The van der Waals surface area contributed by atoms with Gasteiger partial charge < -0.3 is 10.0 Å². The fourth-order valence-corrected chi connectivity index (χ4v) is 1.85. The summed E-state index contributed by atoms with van der Waals surface area (Å²) in [6, 6.07) is 0. The molecule has 0 aromatic carbocycles. The van der Waals surface area contributed by atoms with Crippen LogP contribution in [0.5, 0.6) is 0 Å². The number of hydrogen-bond acceptors (Lipinski definition) is 2. The molecule has 1 N–H and O–H groups in total. The van der Waals surface area contributed by atoms with Gasteiger partial charge in [0.2, 0.25) is 0 Å². The number of aliphatic hydroxyl groups excluding tert-OH is 1. The molecule has 0 saturated carbocycles. The summed E-state index contributed by atoms with van der Waals surface area (Å²) in [6.45, 7) is 4.68. The van der Waals surface area contributed by atoms with Gasteiger partial charge in [0.05, 0.1) is 0 Å². The quantitative estimate of drug-likeness (QED) is 0.629. The molecule has 1 aliphatic heterocycles. The van der Waals surface area contributed by atoms with E-state index in [4.69, 9.17) is 5.11 Å². The molecule has 0 aromatic heterocycles. The van der Waals surface area contributed by atoms with Gasteiger partial charge in [0.1, 0.15) is 0 Å². The van der Waals surface area contributed by atoms with Gasteiger partial charge in [-0.25, -0.2) is 0 Å². The van der Waals surface area contributed by atoms with Crippen LogP contribution in [0.4, 0.5) is 0 Å². The van der Waals surface area contributed by atoms with Crippen molar-refractivity contribution >= 4 is 0 Å². The molecule has 70 valence electrons. The van der Waals surface area contributed by atoms with Crippen molar-refractivity contribution < 1.29 is 5.11 Å². The van der Waals surface area contributed by atoms with Crippen molar-refractivity contribution in [2.75, 3.05) is 26.7 Å². The van der Waals surface area contributed by atoms with Crippen LogP contribution in [0.25, 0.3) is 0 Å². The van der Waals surface area contributed by atoms with Gasteiger partial charge in [0.15, 0.2) is 0 Å². The molecule has 1 heterocycles. The molecule has 1 unspecified atom stereocenters. The molecule has 1 rings (SSSR count). The molecule has 1 aliphatic rings. The van der Waals surface area contributed by atoms with Gasteiger partial charge in [-0.2, -0.15) is 0 Å². The number of rotatable bonds is 2. The topological polar surface area (TPSA) is 23.5 Å². The Hall–Kier alpha value is -0.340. The Labute approximate surface area is 74.9 Å². The fraction of sp³-hybridized carbons (Fsp3) is 0.800. The molecular weight excluding hydrogens is 150 g/mol. The van der Waals surface area contributed by atoms with E-state index in [1.54, 1.807) is 0 Å². The zero-order chi connectivity index (χ0) is 9.03. The van der Waals surface area contributed by atoms with Crippen molar-refractivity contribution in [2.45, 2.75) is 19.8 Å². The third-order valence-electron chi connectivity index (χ3n) is 2.56. The van der Waals surface area contributed by atoms with Gasteiger partial charge in [-0.15, -0.1) is 0 Å². The first kappa shape index (κ1) is 9.75. The lowest BCUT2D eigenvalue weighted by Crippen LogP contribution is -2.32. The zero-order valence-corrected chi connectivity index (χ0v) is 8.08. The Bertz CT molecular complexity index is 167. The molecule has 0 aromatic rings. The molecule has 12 heavy (non-hydrogen) atoms. The van der Waals surface area contributed by atoms with E-state index in [1.807, 2.05) is 0 Å². The normalized spacial score (nSPS) is 31.9. The third-order valence-corrected chi connectivity index (χ3v) is 2.56. The highest BCUT2D eigenvalue weighted by atomic mass is 16.3. The summed E-state index contributed by atoms with van der Waals surface area (Å²) in [6.07, 6.45) is 6.45. The number of hydrogen-bond donors (Lipinski definition) is 1. The second kappa shape index (κ2) is 4.06. The van der Waals surface area contributed by atoms with E-state index in [9.17, 15) is 0 Å². The van der Waals surface area contributed by atoms with Crippen molar-refractivity contribution in [3.8, 4) is 0 Å². The smallest absolute Gasteiger partial charge is 0.0436 e. The van der Waals surface area contributed by atoms with Gasteiger partial charge in [-0.3, -0.25) is 0 Å². The molecule has 0 amide bonds.